The van der Waals surface area contributed by atoms with Crippen molar-refractivity contribution in [3.8, 4) is 0 Å². The van der Waals surface area contributed by atoms with Crippen LogP contribution in [0.3, 0.4) is 0 Å². The van der Waals surface area contributed by atoms with Crippen LogP contribution in [0.15, 0.2) is 0 Å². The molecule has 0 aliphatic carbocycles. The molecule has 0 aromatic carbocycles. The van der Waals surface area contributed by atoms with Gasteiger partial charge >= 0.3 is 5.97 Å². The number of rotatable bonds is 4. The second-order valence-corrected chi connectivity index (χ2v) is 3.18. The van der Waals surface area contributed by atoms with Gasteiger partial charge in [0.15, 0.2) is 0 Å². The Morgan fingerprint density at radius 3 is 2.77 bits per heavy atom. The van der Waals surface area contributed by atoms with E-state index < -0.39 is 12.0 Å². The summed E-state index contributed by atoms with van der Waals surface area (Å²) < 4.78 is 5.01. The first-order chi connectivity index (χ1) is 6.11. The van der Waals surface area contributed by atoms with E-state index in [-0.39, 0.29) is 18.1 Å². The maximum Gasteiger partial charge on any atom is 0.320 e. The molecule has 1 fully saturated rings. The van der Waals surface area contributed by atoms with Crippen molar-refractivity contribution in [2.75, 3.05) is 13.2 Å². The zero-order chi connectivity index (χ0) is 9.84. The van der Waals surface area contributed by atoms with Gasteiger partial charge in [-0.15, -0.1) is 0 Å². The molecule has 0 radical (unpaired) electrons. The predicted octanol–water partition coefficient (Wildman–Crippen LogP) is -0.606. The SMILES string of the molecule is NC(CC(=O)C1CCOC1)C(=O)O. The number of carbonyl (C=O) groups excluding carboxylic acids is 1. The number of hydrogen-bond acceptors (Lipinski definition) is 4. The van der Waals surface area contributed by atoms with E-state index in [1.54, 1.807) is 0 Å². The Hall–Kier alpha value is -0.940. The molecule has 2 atom stereocenters. The number of ether oxygens (including phenoxy) is 1. The van der Waals surface area contributed by atoms with Gasteiger partial charge in [0.1, 0.15) is 11.8 Å². The monoisotopic (exact) mass is 187 g/mol. The van der Waals surface area contributed by atoms with Crippen LogP contribution < -0.4 is 5.73 Å². The Morgan fingerprint density at radius 2 is 2.31 bits per heavy atom. The number of aliphatic carboxylic acids is 1. The molecule has 1 heterocycles. The minimum atomic E-state index is -1.13. The highest BCUT2D eigenvalue weighted by Gasteiger charge is 2.26. The number of ketones is 1. The molecule has 1 saturated heterocycles. The molecule has 0 aromatic heterocycles. The lowest BCUT2D eigenvalue weighted by Crippen LogP contribution is -2.34. The molecule has 13 heavy (non-hydrogen) atoms. The largest absolute Gasteiger partial charge is 0.480 e. The van der Waals surface area contributed by atoms with Crippen LogP contribution in [0.5, 0.6) is 0 Å². The standard InChI is InChI=1S/C8H13NO4/c9-6(8(11)12)3-7(10)5-1-2-13-4-5/h5-6H,1-4,9H2,(H,11,12). The maximum absolute atomic E-state index is 11.3. The van der Waals surface area contributed by atoms with Gasteiger partial charge in [0.25, 0.3) is 0 Å². The van der Waals surface area contributed by atoms with Gasteiger partial charge in [-0.2, -0.15) is 0 Å². The van der Waals surface area contributed by atoms with Crippen molar-refractivity contribution in [1.82, 2.24) is 0 Å². The minimum absolute atomic E-state index is 0.0939. The van der Waals surface area contributed by atoms with Crippen molar-refractivity contribution < 1.29 is 19.4 Å². The molecule has 0 amide bonds. The van der Waals surface area contributed by atoms with E-state index in [2.05, 4.69) is 0 Å². The predicted molar refractivity (Wildman–Crippen MR) is 44.2 cm³/mol. The molecule has 5 nitrogen and oxygen atoms in total. The number of carboxylic acids is 1. The average molecular weight is 187 g/mol. The summed E-state index contributed by atoms with van der Waals surface area (Å²) in [4.78, 5) is 21.7. The third-order valence-electron chi connectivity index (χ3n) is 2.12. The van der Waals surface area contributed by atoms with Crippen molar-refractivity contribution in [1.29, 1.82) is 0 Å². The fraction of sp³-hybridized carbons (Fsp3) is 0.750. The number of carbonyl (C=O) groups is 2. The number of nitrogens with two attached hydrogens (primary N) is 1. The van der Waals surface area contributed by atoms with Crippen LogP contribution in [0.4, 0.5) is 0 Å². The first-order valence-corrected chi connectivity index (χ1v) is 4.20. The third-order valence-corrected chi connectivity index (χ3v) is 2.12. The molecule has 2 unspecified atom stereocenters. The summed E-state index contributed by atoms with van der Waals surface area (Å²) in [5.41, 5.74) is 5.22. The molecule has 74 valence electrons. The summed E-state index contributed by atoms with van der Waals surface area (Å²) in [6, 6.07) is -1.08. The lowest BCUT2D eigenvalue weighted by molar-refractivity contribution is -0.140. The van der Waals surface area contributed by atoms with Crippen molar-refractivity contribution in [2.24, 2.45) is 11.7 Å². The molecule has 1 rings (SSSR count). The summed E-state index contributed by atoms with van der Waals surface area (Å²) in [6.07, 6.45) is 0.592. The van der Waals surface area contributed by atoms with E-state index >= 15 is 0 Å². The second-order valence-electron chi connectivity index (χ2n) is 3.18. The number of carboxylic acid groups (broad SMARTS) is 1. The fourth-order valence-electron chi connectivity index (χ4n) is 1.26. The van der Waals surface area contributed by atoms with E-state index in [0.29, 0.717) is 19.6 Å². The van der Waals surface area contributed by atoms with Crippen molar-refractivity contribution in [3.05, 3.63) is 0 Å². The molecule has 1 aliphatic rings. The van der Waals surface area contributed by atoms with Crippen LogP contribution in [-0.2, 0) is 14.3 Å². The van der Waals surface area contributed by atoms with Gasteiger partial charge in [0.2, 0.25) is 0 Å². The summed E-state index contributed by atoms with van der Waals surface area (Å²) >= 11 is 0. The quantitative estimate of drug-likeness (QED) is 0.613. The Morgan fingerprint density at radius 1 is 1.62 bits per heavy atom. The number of hydrogen-bond donors (Lipinski definition) is 2. The zero-order valence-corrected chi connectivity index (χ0v) is 7.23. The van der Waals surface area contributed by atoms with Crippen LogP contribution in [0.2, 0.25) is 0 Å². The molecule has 1 aliphatic heterocycles. The lowest BCUT2D eigenvalue weighted by Gasteiger charge is -2.08. The van der Waals surface area contributed by atoms with Crippen LogP contribution in [0.1, 0.15) is 12.8 Å². The smallest absolute Gasteiger partial charge is 0.320 e. The van der Waals surface area contributed by atoms with E-state index in [1.807, 2.05) is 0 Å². The van der Waals surface area contributed by atoms with E-state index in [1.165, 1.54) is 0 Å². The Kier molecular flexibility index (Phi) is 3.39. The molecule has 0 saturated carbocycles. The fourth-order valence-corrected chi connectivity index (χ4v) is 1.26. The molecule has 0 bridgehead atoms. The Balaban J connectivity index is 2.35. The van der Waals surface area contributed by atoms with Gasteiger partial charge in [0.05, 0.1) is 6.61 Å². The Labute approximate surface area is 75.9 Å². The third kappa shape index (κ3) is 2.78. The summed E-state index contributed by atoms with van der Waals surface area (Å²) in [7, 11) is 0. The molecule has 3 N–H and O–H groups in total. The van der Waals surface area contributed by atoms with Crippen molar-refractivity contribution >= 4 is 11.8 Å². The van der Waals surface area contributed by atoms with Crippen molar-refractivity contribution in [3.63, 3.8) is 0 Å². The van der Waals surface area contributed by atoms with Gasteiger partial charge < -0.3 is 15.6 Å². The molecule has 0 spiro atoms. The van der Waals surface area contributed by atoms with Crippen LogP contribution >= 0.6 is 0 Å². The second kappa shape index (κ2) is 4.34. The van der Waals surface area contributed by atoms with Gasteiger partial charge in [0, 0.05) is 18.9 Å². The minimum Gasteiger partial charge on any atom is -0.480 e. The highest BCUT2D eigenvalue weighted by atomic mass is 16.5. The summed E-state index contributed by atoms with van der Waals surface area (Å²) in [5, 5.41) is 8.47. The van der Waals surface area contributed by atoms with Crippen LogP contribution in [0.25, 0.3) is 0 Å². The first kappa shape index (κ1) is 10.1. The van der Waals surface area contributed by atoms with E-state index in [9.17, 15) is 9.59 Å². The van der Waals surface area contributed by atoms with E-state index in [0.717, 1.165) is 0 Å². The molecular weight excluding hydrogens is 174 g/mol. The number of Topliss-reactive ketones (excluding diaryl/α,β-unsaturated/α-hetero) is 1. The maximum atomic E-state index is 11.3. The lowest BCUT2D eigenvalue weighted by atomic mass is 9.98. The average Bonchev–Trinajstić information content (AvgIpc) is 2.55. The first-order valence-electron chi connectivity index (χ1n) is 4.20. The molecule has 0 aromatic rings. The van der Waals surface area contributed by atoms with Crippen LogP contribution in [-0.4, -0.2) is 36.1 Å². The van der Waals surface area contributed by atoms with Crippen LogP contribution in [0, 0.1) is 5.92 Å². The van der Waals surface area contributed by atoms with Gasteiger partial charge in [-0.25, -0.2) is 0 Å². The van der Waals surface area contributed by atoms with Gasteiger partial charge in [-0.3, -0.25) is 9.59 Å². The normalized spacial score (nSPS) is 24.2. The Bertz CT molecular complexity index is 210. The summed E-state index contributed by atoms with van der Waals surface area (Å²) in [5.74, 6) is -1.38. The zero-order valence-electron chi connectivity index (χ0n) is 7.23. The summed E-state index contributed by atoms with van der Waals surface area (Å²) in [6.45, 7) is 0.990. The van der Waals surface area contributed by atoms with Gasteiger partial charge in [-0.1, -0.05) is 0 Å². The highest BCUT2D eigenvalue weighted by molar-refractivity contribution is 5.87. The molecular formula is C8H13NO4. The van der Waals surface area contributed by atoms with Gasteiger partial charge in [-0.05, 0) is 6.42 Å². The topological polar surface area (TPSA) is 89.6 Å². The van der Waals surface area contributed by atoms with Crippen molar-refractivity contribution in [2.45, 2.75) is 18.9 Å². The molecule has 5 heteroatoms. The van der Waals surface area contributed by atoms with E-state index in [4.69, 9.17) is 15.6 Å². The highest BCUT2D eigenvalue weighted by Crippen LogP contribution is 2.15.